The monoisotopic (exact) mass is 372 g/mol. The first-order valence-corrected chi connectivity index (χ1v) is 10.4. The van der Waals surface area contributed by atoms with Crippen LogP contribution in [0, 0.1) is 0 Å². The number of thiophene rings is 1. The molecule has 1 amide bonds. The average molecular weight is 372 g/mol. The summed E-state index contributed by atoms with van der Waals surface area (Å²) < 4.78 is 6.22. The Labute approximate surface area is 156 Å². The number of piperidine rings is 1. The van der Waals surface area contributed by atoms with Crippen LogP contribution in [0.4, 0.5) is 0 Å². The lowest BCUT2D eigenvalue weighted by Gasteiger charge is -2.40. The molecule has 0 aromatic carbocycles. The summed E-state index contributed by atoms with van der Waals surface area (Å²) in [5.41, 5.74) is 4.60. The minimum absolute atomic E-state index is 0.00299. The van der Waals surface area contributed by atoms with Gasteiger partial charge in [0.2, 0.25) is 0 Å². The summed E-state index contributed by atoms with van der Waals surface area (Å²) in [6.07, 6.45) is 6.20. The Morgan fingerprint density at radius 3 is 3.08 bits per heavy atom. The van der Waals surface area contributed by atoms with E-state index in [1.807, 2.05) is 0 Å². The molecule has 0 saturated carbocycles. The number of hydrogen-bond donors (Lipinski definition) is 3. The Morgan fingerprint density at radius 2 is 2.19 bits per heavy atom. The van der Waals surface area contributed by atoms with Gasteiger partial charge in [-0.05, 0) is 62.4 Å². The van der Waals surface area contributed by atoms with Gasteiger partial charge in [0.1, 0.15) is 0 Å². The summed E-state index contributed by atoms with van der Waals surface area (Å²) in [6, 6.07) is 2.08. The molecular weight excluding hydrogens is 348 g/mol. The summed E-state index contributed by atoms with van der Waals surface area (Å²) in [6.45, 7) is 3.20. The van der Waals surface area contributed by atoms with Crippen molar-refractivity contribution >= 4 is 17.2 Å². The van der Waals surface area contributed by atoms with Crippen LogP contribution in [0.25, 0.3) is 0 Å². The predicted molar refractivity (Wildman–Crippen MR) is 99.5 cm³/mol. The number of carbonyl (C=O) groups is 1. The normalized spacial score (nSPS) is 20.8. The molecule has 3 N–H and O–H groups in total. The summed E-state index contributed by atoms with van der Waals surface area (Å²) in [5.74, 6) is 0.00299. The Morgan fingerprint density at radius 1 is 1.31 bits per heavy atom. The molecule has 1 fully saturated rings. The minimum Gasteiger partial charge on any atom is -0.370 e. The van der Waals surface area contributed by atoms with E-state index in [0.29, 0.717) is 6.54 Å². The first-order chi connectivity index (χ1) is 12.8. The molecule has 2 aliphatic heterocycles. The van der Waals surface area contributed by atoms with Crippen molar-refractivity contribution in [3.05, 3.63) is 38.3 Å². The van der Waals surface area contributed by atoms with E-state index in [9.17, 15) is 4.79 Å². The zero-order chi connectivity index (χ0) is 17.6. The van der Waals surface area contributed by atoms with Crippen LogP contribution < -0.4 is 10.6 Å². The van der Waals surface area contributed by atoms with Gasteiger partial charge in [0.05, 0.1) is 29.3 Å². The van der Waals surface area contributed by atoms with Gasteiger partial charge in [0.25, 0.3) is 5.91 Å². The number of hydrogen-bond acceptors (Lipinski definition) is 5. The van der Waals surface area contributed by atoms with E-state index >= 15 is 0 Å². The van der Waals surface area contributed by atoms with Crippen molar-refractivity contribution in [2.75, 3.05) is 19.7 Å². The number of carbonyl (C=O) groups excluding carboxylic acids is 1. The minimum atomic E-state index is -0.184. The molecule has 4 heterocycles. The lowest BCUT2D eigenvalue weighted by molar-refractivity contribution is -0.0792. The summed E-state index contributed by atoms with van der Waals surface area (Å²) in [7, 11) is 0. The van der Waals surface area contributed by atoms with E-state index in [1.165, 1.54) is 28.1 Å². The highest BCUT2D eigenvalue weighted by atomic mass is 32.1. The molecular formula is C19H24N4O2S. The van der Waals surface area contributed by atoms with Gasteiger partial charge < -0.3 is 15.4 Å². The molecule has 2 aromatic rings. The molecule has 1 aliphatic carbocycles. The predicted octanol–water partition coefficient (Wildman–Crippen LogP) is 2.04. The Balaban J connectivity index is 1.33. The van der Waals surface area contributed by atoms with Crippen LogP contribution in [-0.2, 0) is 36.1 Å². The number of ether oxygens (including phenoxy) is 1. The van der Waals surface area contributed by atoms with Crippen molar-refractivity contribution in [3.63, 3.8) is 0 Å². The van der Waals surface area contributed by atoms with E-state index < -0.39 is 0 Å². The molecule has 3 aliphatic rings. The second-order valence-corrected chi connectivity index (χ2v) is 8.59. The number of rotatable bonds is 3. The van der Waals surface area contributed by atoms with Gasteiger partial charge in [-0.15, -0.1) is 11.3 Å². The molecule has 0 bridgehead atoms. The van der Waals surface area contributed by atoms with E-state index in [4.69, 9.17) is 4.74 Å². The molecule has 7 heteroatoms. The molecule has 138 valence electrons. The smallest absolute Gasteiger partial charge is 0.261 e. The Bertz CT molecular complexity index is 835. The number of aromatic nitrogens is 2. The van der Waals surface area contributed by atoms with Gasteiger partial charge >= 0.3 is 0 Å². The van der Waals surface area contributed by atoms with Crippen LogP contribution in [0.15, 0.2) is 6.07 Å². The first kappa shape index (κ1) is 16.5. The average Bonchev–Trinajstić information content (AvgIpc) is 3.37. The maximum absolute atomic E-state index is 12.7. The van der Waals surface area contributed by atoms with E-state index in [-0.39, 0.29) is 11.5 Å². The molecule has 1 saturated heterocycles. The van der Waals surface area contributed by atoms with E-state index in [1.54, 1.807) is 11.3 Å². The van der Waals surface area contributed by atoms with Crippen molar-refractivity contribution in [1.82, 2.24) is 20.8 Å². The second kappa shape index (κ2) is 6.48. The van der Waals surface area contributed by atoms with Crippen molar-refractivity contribution in [2.24, 2.45) is 0 Å². The largest absolute Gasteiger partial charge is 0.370 e. The molecule has 0 unspecified atom stereocenters. The quantitative estimate of drug-likeness (QED) is 0.770. The summed E-state index contributed by atoms with van der Waals surface area (Å²) >= 11 is 1.63. The van der Waals surface area contributed by atoms with Crippen LogP contribution in [0.5, 0.6) is 0 Å². The third-order valence-corrected chi connectivity index (χ3v) is 7.14. The van der Waals surface area contributed by atoms with Crippen LogP contribution in [-0.4, -0.2) is 35.8 Å². The topological polar surface area (TPSA) is 79.0 Å². The number of nitrogens with zero attached hydrogens (tertiary/aromatic N) is 1. The van der Waals surface area contributed by atoms with Crippen LogP contribution in [0.1, 0.15) is 56.3 Å². The number of aromatic amines is 1. The Hall–Kier alpha value is -1.70. The third-order valence-electron chi connectivity index (χ3n) is 5.95. The van der Waals surface area contributed by atoms with Crippen LogP contribution in [0.2, 0.25) is 0 Å². The molecule has 26 heavy (non-hydrogen) atoms. The number of H-pyrrole nitrogens is 1. The second-order valence-electron chi connectivity index (χ2n) is 7.45. The summed E-state index contributed by atoms with van der Waals surface area (Å²) in [5, 5.41) is 14.0. The van der Waals surface area contributed by atoms with Crippen molar-refractivity contribution in [2.45, 2.75) is 50.7 Å². The molecule has 0 atom stereocenters. The molecule has 6 nitrogen and oxygen atoms in total. The van der Waals surface area contributed by atoms with E-state index in [0.717, 1.165) is 62.4 Å². The number of fused-ring (bicyclic) bond motifs is 3. The number of amides is 1. The number of nitrogens with one attached hydrogen (secondary N) is 3. The van der Waals surface area contributed by atoms with Gasteiger partial charge in [-0.1, -0.05) is 0 Å². The maximum Gasteiger partial charge on any atom is 0.261 e. The fraction of sp³-hybridized carbons (Fsp3) is 0.579. The van der Waals surface area contributed by atoms with Crippen molar-refractivity contribution in [3.8, 4) is 0 Å². The van der Waals surface area contributed by atoms with Gasteiger partial charge in [-0.25, -0.2) is 0 Å². The van der Waals surface area contributed by atoms with Gasteiger partial charge in [0, 0.05) is 17.0 Å². The highest BCUT2D eigenvalue weighted by Gasteiger charge is 2.40. The molecule has 2 aromatic heterocycles. The highest BCUT2D eigenvalue weighted by Crippen LogP contribution is 2.43. The van der Waals surface area contributed by atoms with Gasteiger partial charge in [-0.2, -0.15) is 5.10 Å². The maximum atomic E-state index is 12.7. The SMILES string of the molecule is O=C(NCc1n[nH]c2c1CCC2)c1cc2c(s1)CCOC21CCNCC1. The number of aryl methyl sites for hydroxylation is 1. The zero-order valence-electron chi connectivity index (χ0n) is 14.8. The third kappa shape index (κ3) is 2.69. The van der Waals surface area contributed by atoms with Crippen LogP contribution >= 0.6 is 11.3 Å². The van der Waals surface area contributed by atoms with Gasteiger partial charge in [-0.3, -0.25) is 9.89 Å². The van der Waals surface area contributed by atoms with Crippen molar-refractivity contribution < 1.29 is 9.53 Å². The standard InChI is InChI=1S/C19H24N4O2S/c24-18(21-11-15-12-2-1-3-14(12)22-23-15)17-10-13-16(26-17)4-9-25-19(13)5-7-20-8-6-19/h10,20H,1-9,11H2,(H,21,24)(H,22,23). The lowest BCUT2D eigenvalue weighted by atomic mass is 9.83. The first-order valence-electron chi connectivity index (χ1n) is 9.56. The van der Waals surface area contributed by atoms with Crippen molar-refractivity contribution in [1.29, 1.82) is 0 Å². The fourth-order valence-electron chi connectivity index (χ4n) is 4.56. The molecule has 0 radical (unpaired) electrons. The lowest BCUT2D eigenvalue weighted by Crippen LogP contribution is -2.44. The van der Waals surface area contributed by atoms with Gasteiger partial charge in [0.15, 0.2) is 0 Å². The zero-order valence-corrected chi connectivity index (χ0v) is 15.6. The molecule has 1 spiro atoms. The Kier molecular flexibility index (Phi) is 4.10. The van der Waals surface area contributed by atoms with Crippen LogP contribution in [0.3, 0.4) is 0 Å². The fourth-order valence-corrected chi connectivity index (χ4v) is 5.71. The van der Waals surface area contributed by atoms with E-state index in [2.05, 4.69) is 26.9 Å². The highest BCUT2D eigenvalue weighted by molar-refractivity contribution is 7.14. The molecule has 5 rings (SSSR count). The summed E-state index contributed by atoms with van der Waals surface area (Å²) in [4.78, 5) is 14.9.